The van der Waals surface area contributed by atoms with Crippen molar-refractivity contribution in [3.05, 3.63) is 71.9 Å². The Balaban J connectivity index is 1.86. The van der Waals surface area contributed by atoms with Gasteiger partial charge >= 0.3 is 6.18 Å². The molecule has 27 heavy (non-hydrogen) atoms. The van der Waals surface area contributed by atoms with Crippen LogP contribution in [-0.4, -0.2) is 22.4 Å². The van der Waals surface area contributed by atoms with Crippen LogP contribution < -0.4 is 5.01 Å². The van der Waals surface area contributed by atoms with Crippen molar-refractivity contribution in [1.29, 1.82) is 0 Å². The molecular formula is C20H14F3N3O. The number of rotatable bonds is 2. The van der Waals surface area contributed by atoms with Gasteiger partial charge in [-0.15, -0.1) is 0 Å². The molecule has 1 aromatic heterocycles. The number of amides is 1. The highest BCUT2D eigenvalue weighted by Gasteiger charge is 2.46. The molecule has 2 heterocycles. The van der Waals surface area contributed by atoms with E-state index in [1.807, 2.05) is 12.1 Å². The van der Waals surface area contributed by atoms with Crippen LogP contribution in [0.1, 0.15) is 5.56 Å². The van der Waals surface area contributed by atoms with Crippen LogP contribution in [0.15, 0.2) is 71.5 Å². The lowest BCUT2D eigenvalue weighted by molar-refractivity contribution is -0.114. The number of halogens is 3. The first kappa shape index (κ1) is 17.1. The van der Waals surface area contributed by atoms with Gasteiger partial charge in [0.1, 0.15) is 0 Å². The first-order valence-electron chi connectivity index (χ1n) is 8.17. The summed E-state index contributed by atoms with van der Waals surface area (Å²) in [7, 11) is 1.80. The summed E-state index contributed by atoms with van der Waals surface area (Å²) >= 11 is 0. The van der Waals surface area contributed by atoms with E-state index in [-0.39, 0.29) is 5.69 Å². The largest absolute Gasteiger partial charge is 0.435 e. The molecule has 1 aliphatic rings. The van der Waals surface area contributed by atoms with Crippen LogP contribution in [0.2, 0.25) is 0 Å². The van der Waals surface area contributed by atoms with Gasteiger partial charge in [0.25, 0.3) is 5.91 Å². The number of alkyl halides is 3. The van der Waals surface area contributed by atoms with Crippen molar-refractivity contribution in [1.82, 2.24) is 4.57 Å². The number of carbonyl (C=O) groups excluding carboxylic acids is 1. The Morgan fingerprint density at radius 1 is 1.00 bits per heavy atom. The SMILES string of the molecule is Cn1cc(/C=C2\C(=O)N(c3ccccc3)N=C2C(F)(F)F)c2ccccc21. The van der Waals surface area contributed by atoms with Gasteiger partial charge in [-0.3, -0.25) is 4.79 Å². The summed E-state index contributed by atoms with van der Waals surface area (Å²) in [4.78, 5) is 12.7. The van der Waals surface area contributed by atoms with Crippen LogP contribution in [0.4, 0.5) is 18.9 Å². The summed E-state index contributed by atoms with van der Waals surface area (Å²) in [6, 6.07) is 15.4. The Bertz CT molecular complexity index is 1090. The van der Waals surface area contributed by atoms with E-state index in [1.165, 1.54) is 18.2 Å². The number of nitrogens with zero attached hydrogens (tertiary/aromatic N) is 3. The number of anilines is 1. The van der Waals surface area contributed by atoms with Gasteiger partial charge in [-0.2, -0.15) is 23.3 Å². The normalized spacial score (nSPS) is 16.4. The van der Waals surface area contributed by atoms with Gasteiger partial charge in [0.2, 0.25) is 0 Å². The fourth-order valence-electron chi connectivity index (χ4n) is 3.14. The summed E-state index contributed by atoms with van der Waals surface area (Å²) < 4.78 is 42.4. The fraction of sp³-hybridized carbons (Fsp3) is 0.100. The molecule has 0 bridgehead atoms. The molecular weight excluding hydrogens is 355 g/mol. The lowest BCUT2D eigenvalue weighted by atomic mass is 10.1. The molecule has 4 nitrogen and oxygen atoms in total. The van der Waals surface area contributed by atoms with Crippen LogP contribution in [0.25, 0.3) is 17.0 Å². The lowest BCUT2D eigenvalue weighted by Gasteiger charge is -2.10. The first-order valence-corrected chi connectivity index (χ1v) is 8.17. The highest BCUT2D eigenvalue weighted by molar-refractivity contribution is 6.34. The van der Waals surface area contributed by atoms with E-state index in [0.29, 0.717) is 5.56 Å². The van der Waals surface area contributed by atoms with Crippen LogP contribution in [0.5, 0.6) is 0 Å². The van der Waals surface area contributed by atoms with Gasteiger partial charge < -0.3 is 4.57 Å². The molecule has 0 spiro atoms. The van der Waals surface area contributed by atoms with E-state index in [1.54, 1.807) is 48.1 Å². The van der Waals surface area contributed by atoms with Crippen molar-refractivity contribution in [2.45, 2.75) is 6.18 Å². The third-order valence-corrected chi connectivity index (χ3v) is 4.37. The molecule has 2 aromatic carbocycles. The zero-order chi connectivity index (χ0) is 19.2. The Hall–Kier alpha value is -3.35. The number of hydrazone groups is 1. The quantitative estimate of drug-likeness (QED) is 0.612. The van der Waals surface area contributed by atoms with E-state index in [2.05, 4.69) is 5.10 Å². The summed E-state index contributed by atoms with van der Waals surface area (Å²) in [6.45, 7) is 0. The minimum atomic E-state index is -4.74. The second kappa shape index (κ2) is 6.12. The predicted octanol–water partition coefficient (Wildman–Crippen LogP) is 4.53. The number of aryl methyl sites for hydroxylation is 1. The van der Waals surface area contributed by atoms with Crippen LogP contribution in [0.3, 0.4) is 0 Å². The van der Waals surface area contributed by atoms with E-state index in [9.17, 15) is 18.0 Å². The van der Waals surface area contributed by atoms with Gasteiger partial charge in [-0.05, 0) is 24.3 Å². The van der Waals surface area contributed by atoms with Crippen molar-refractivity contribution in [3.63, 3.8) is 0 Å². The molecule has 1 aliphatic heterocycles. The molecule has 3 aromatic rings. The van der Waals surface area contributed by atoms with Crippen molar-refractivity contribution < 1.29 is 18.0 Å². The topological polar surface area (TPSA) is 37.6 Å². The monoisotopic (exact) mass is 369 g/mol. The number of aromatic nitrogens is 1. The minimum Gasteiger partial charge on any atom is -0.350 e. The molecule has 0 saturated heterocycles. The molecule has 136 valence electrons. The highest BCUT2D eigenvalue weighted by atomic mass is 19.4. The summed E-state index contributed by atoms with van der Waals surface area (Å²) in [6.07, 6.45) is -1.78. The zero-order valence-electron chi connectivity index (χ0n) is 14.2. The average Bonchev–Trinajstić information content (AvgIpc) is 3.14. The van der Waals surface area contributed by atoms with Crippen LogP contribution in [0, 0.1) is 0 Å². The van der Waals surface area contributed by atoms with Gasteiger partial charge in [0.15, 0.2) is 5.71 Å². The number of carbonyl (C=O) groups is 1. The summed E-state index contributed by atoms with van der Waals surface area (Å²) in [5.74, 6) is -0.804. The van der Waals surface area contributed by atoms with Crippen molar-refractivity contribution >= 4 is 34.3 Å². The van der Waals surface area contributed by atoms with Crippen molar-refractivity contribution in [2.75, 3.05) is 5.01 Å². The number of hydrogen-bond acceptors (Lipinski definition) is 2. The molecule has 4 rings (SSSR count). The average molecular weight is 369 g/mol. The minimum absolute atomic E-state index is 0.283. The molecule has 7 heteroatoms. The number of para-hydroxylation sites is 2. The van der Waals surface area contributed by atoms with E-state index >= 15 is 0 Å². The first-order chi connectivity index (χ1) is 12.9. The highest BCUT2D eigenvalue weighted by Crippen LogP contribution is 2.33. The maximum atomic E-state index is 13.5. The van der Waals surface area contributed by atoms with Gasteiger partial charge in [-0.1, -0.05) is 36.4 Å². The Morgan fingerprint density at radius 3 is 2.37 bits per heavy atom. The molecule has 0 fully saturated rings. The van der Waals surface area contributed by atoms with Gasteiger partial charge in [0, 0.05) is 29.7 Å². The second-order valence-electron chi connectivity index (χ2n) is 6.17. The Kier molecular flexibility index (Phi) is 3.87. The maximum absolute atomic E-state index is 13.5. The second-order valence-corrected chi connectivity index (χ2v) is 6.17. The molecule has 0 N–H and O–H groups in total. The summed E-state index contributed by atoms with van der Waals surface area (Å²) in [5, 5.41) is 5.13. The van der Waals surface area contributed by atoms with Gasteiger partial charge in [-0.25, -0.2) is 0 Å². The molecule has 0 atom stereocenters. The Labute approximate surface area is 152 Å². The molecule has 0 aliphatic carbocycles. The number of hydrogen-bond donors (Lipinski definition) is 0. The Morgan fingerprint density at radius 2 is 1.67 bits per heavy atom. The van der Waals surface area contributed by atoms with E-state index < -0.39 is 23.4 Å². The van der Waals surface area contributed by atoms with Crippen molar-refractivity contribution in [2.24, 2.45) is 12.1 Å². The van der Waals surface area contributed by atoms with Crippen LogP contribution in [-0.2, 0) is 11.8 Å². The molecule has 0 saturated carbocycles. The summed E-state index contributed by atoms with van der Waals surface area (Å²) in [5.41, 5.74) is 0.0149. The zero-order valence-corrected chi connectivity index (χ0v) is 14.2. The maximum Gasteiger partial charge on any atom is 0.435 e. The molecule has 0 radical (unpaired) electrons. The molecule has 1 amide bonds. The predicted molar refractivity (Wildman–Crippen MR) is 98.3 cm³/mol. The van der Waals surface area contributed by atoms with Crippen LogP contribution >= 0.6 is 0 Å². The third-order valence-electron chi connectivity index (χ3n) is 4.37. The van der Waals surface area contributed by atoms with Gasteiger partial charge in [0.05, 0.1) is 11.3 Å². The fourth-order valence-corrected chi connectivity index (χ4v) is 3.14. The smallest absolute Gasteiger partial charge is 0.350 e. The van der Waals surface area contributed by atoms with E-state index in [4.69, 9.17) is 0 Å². The van der Waals surface area contributed by atoms with E-state index in [0.717, 1.165) is 15.9 Å². The standard InChI is InChI=1S/C20H14F3N3O/c1-25-12-13(15-9-5-6-10-17(15)25)11-16-18(20(21,22)23)24-26(19(16)27)14-7-3-2-4-8-14/h2-12H,1H3/b16-11-. The number of benzene rings is 2. The van der Waals surface area contributed by atoms with Crippen molar-refractivity contribution in [3.8, 4) is 0 Å². The number of fused-ring (bicyclic) bond motifs is 1. The lowest BCUT2D eigenvalue weighted by Crippen LogP contribution is -2.25. The third kappa shape index (κ3) is 2.91. The molecule has 0 unspecified atom stereocenters.